The maximum Gasteiger partial charge on any atom is 0.326 e. The lowest BCUT2D eigenvalue weighted by Crippen LogP contribution is -2.35. The van der Waals surface area contributed by atoms with Crippen LogP contribution in [0.15, 0.2) is 40.9 Å². The quantitative estimate of drug-likeness (QED) is 0.732. The smallest absolute Gasteiger partial charge is 0.326 e. The summed E-state index contributed by atoms with van der Waals surface area (Å²) in [4.78, 5) is 11.4. The number of nitrogens with one attached hydrogen (secondary N) is 1. The van der Waals surface area contributed by atoms with Crippen molar-refractivity contribution in [1.82, 2.24) is 0 Å². The van der Waals surface area contributed by atoms with Crippen LogP contribution >= 0.6 is 39.1 Å². The number of hydrogen-bond donors (Lipinski definition) is 2. The Hall–Kier alpha value is -1.23. The number of fused-ring (bicyclic) bond motifs is 1. The average Bonchev–Trinajstić information content (AvgIpc) is 2.46. The van der Waals surface area contributed by atoms with Gasteiger partial charge in [0.1, 0.15) is 6.04 Å². The Labute approximate surface area is 146 Å². The van der Waals surface area contributed by atoms with Gasteiger partial charge in [-0.1, -0.05) is 51.3 Å². The number of anilines is 1. The molecule has 2 aromatic rings. The van der Waals surface area contributed by atoms with Gasteiger partial charge in [-0.25, -0.2) is 4.79 Å². The molecule has 2 N–H and O–H groups in total. The van der Waals surface area contributed by atoms with Gasteiger partial charge in [-0.15, -0.1) is 0 Å². The van der Waals surface area contributed by atoms with Crippen LogP contribution in [0.1, 0.15) is 23.5 Å². The predicted molar refractivity (Wildman–Crippen MR) is 92.1 cm³/mol. The molecule has 2 atom stereocenters. The van der Waals surface area contributed by atoms with Crippen LogP contribution in [0.4, 0.5) is 5.69 Å². The molecule has 0 radical (unpaired) electrons. The van der Waals surface area contributed by atoms with E-state index in [9.17, 15) is 9.90 Å². The molecule has 114 valence electrons. The summed E-state index contributed by atoms with van der Waals surface area (Å²) in [6.07, 6.45) is 0.436. The van der Waals surface area contributed by atoms with Crippen molar-refractivity contribution in [3.63, 3.8) is 0 Å². The van der Waals surface area contributed by atoms with Crippen LogP contribution in [-0.4, -0.2) is 17.1 Å². The molecule has 0 saturated heterocycles. The van der Waals surface area contributed by atoms with Crippen LogP contribution in [-0.2, 0) is 4.79 Å². The second-order valence-corrected chi connectivity index (χ2v) is 6.98. The zero-order valence-corrected chi connectivity index (χ0v) is 14.4. The van der Waals surface area contributed by atoms with Crippen LogP contribution in [0, 0.1) is 0 Å². The fourth-order valence-corrected chi connectivity index (χ4v) is 3.71. The lowest BCUT2D eigenvalue weighted by Gasteiger charge is -2.32. The molecule has 3 nitrogen and oxygen atoms in total. The second kappa shape index (κ2) is 6.11. The zero-order valence-electron chi connectivity index (χ0n) is 11.3. The molecule has 1 heterocycles. The van der Waals surface area contributed by atoms with Crippen molar-refractivity contribution < 1.29 is 9.90 Å². The van der Waals surface area contributed by atoms with E-state index in [0.29, 0.717) is 22.2 Å². The molecule has 1 aliphatic heterocycles. The van der Waals surface area contributed by atoms with Gasteiger partial charge in [-0.05, 0) is 36.2 Å². The molecule has 6 heteroatoms. The van der Waals surface area contributed by atoms with E-state index in [0.717, 1.165) is 15.6 Å². The van der Waals surface area contributed by atoms with Crippen LogP contribution < -0.4 is 5.32 Å². The average molecular weight is 401 g/mol. The van der Waals surface area contributed by atoms with Crippen molar-refractivity contribution in [1.29, 1.82) is 0 Å². The first kappa shape index (κ1) is 15.7. The Morgan fingerprint density at radius 2 is 1.91 bits per heavy atom. The minimum atomic E-state index is -0.885. The Kier molecular flexibility index (Phi) is 4.35. The van der Waals surface area contributed by atoms with E-state index in [1.54, 1.807) is 12.1 Å². The van der Waals surface area contributed by atoms with Gasteiger partial charge in [-0.2, -0.15) is 0 Å². The Balaban J connectivity index is 2.13. The van der Waals surface area contributed by atoms with Gasteiger partial charge in [0.2, 0.25) is 0 Å². The van der Waals surface area contributed by atoms with Crippen molar-refractivity contribution in [3.8, 4) is 0 Å². The van der Waals surface area contributed by atoms with Gasteiger partial charge >= 0.3 is 5.97 Å². The summed E-state index contributed by atoms with van der Waals surface area (Å²) in [7, 11) is 0. The van der Waals surface area contributed by atoms with Crippen molar-refractivity contribution >= 4 is 50.8 Å². The maximum atomic E-state index is 11.4. The van der Waals surface area contributed by atoms with Gasteiger partial charge in [0, 0.05) is 31.7 Å². The topological polar surface area (TPSA) is 49.3 Å². The Bertz CT molecular complexity index is 734. The third-order valence-electron chi connectivity index (χ3n) is 3.81. The summed E-state index contributed by atoms with van der Waals surface area (Å²) in [6, 6.07) is 10.6. The Morgan fingerprint density at radius 1 is 1.23 bits per heavy atom. The first-order chi connectivity index (χ1) is 10.5. The molecule has 22 heavy (non-hydrogen) atoms. The minimum Gasteiger partial charge on any atom is -0.480 e. The van der Waals surface area contributed by atoms with Crippen LogP contribution in [0.25, 0.3) is 0 Å². The summed E-state index contributed by atoms with van der Waals surface area (Å²) in [5, 5.41) is 13.4. The van der Waals surface area contributed by atoms with Crippen LogP contribution in [0.2, 0.25) is 10.0 Å². The van der Waals surface area contributed by atoms with E-state index in [4.69, 9.17) is 23.2 Å². The number of aliphatic carboxylic acids is 1. The lowest BCUT2D eigenvalue weighted by molar-refractivity contribution is -0.138. The normalized spacial score (nSPS) is 20.1. The van der Waals surface area contributed by atoms with Crippen LogP contribution in [0.5, 0.6) is 0 Å². The number of carbonyl (C=O) groups is 1. The highest BCUT2D eigenvalue weighted by atomic mass is 79.9. The molecule has 3 rings (SSSR count). The summed E-state index contributed by atoms with van der Waals surface area (Å²) in [6.45, 7) is 0. The Morgan fingerprint density at radius 3 is 2.55 bits per heavy atom. The number of halogens is 3. The summed E-state index contributed by atoms with van der Waals surface area (Å²) < 4.78 is 0.974. The van der Waals surface area contributed by atoms with E-state index in [-0.39, 0.29) is 5.92 Å². The van der Waals surface area contributed by atoms with E-state index in [1.165, 1.54) is 0 Å². The first-order valence-electron chi connectivity index (χ1n) is 6.69. The molecule has 2 unspecified atom stereocenters. The maximum absolute atomic E-state index is 11.4. The fraction of sp³-hybridized carbons (Fsp3) is 0.188. The molecular weight excluding hydrogens is 389 g/mol. The highest BCUT2D eigenvalue weighted by molar-refractivity contribution is 9.10. The van der Waals surface area contributed by atoms with Crippen molar-refractivity contribution in [2.45, 2.75) is 18.4 Å². The van der Waals surface area contributed by atoms with Crippen LogP contribution in [0.3, 0.4) is 0 Å². The summed E-state index contributed by atoms with van der Waals surface area (Å²) >= 11 is 15.8. The summed E-state index contributed by atoms with van der Waals surface area (Å²) in [5.74, 6) is -0.973. The minimum absolute atomic E-state index is 0.0878. The van der Waals surface area contributed by atoms with Crippen molar-refractivity contribution in [3.05, 3.63) is 62.0 Å². The van der Waals surface area contributed by atoms with Crippen molar-refractivity contribution in [2.24, 2.45) is 0 Å². The highest BCUT2D eigenvalue weighted by Crippen LogP contribution is 2.44. The lowest BCUT2D eigenvalue weighted by atomic mass is 9.82. The molecule has 0 fully saturated rings. The zero-order chi connectivity index (χ0) is 15.9. The molecule has 0 spiro atoms. The molecule has 0 aliphatic carbocycles. The van der Waals surface area contributed by atoms with E-state index < -0.39 is 12.0 Å². The molecule has 0 bridgehead atoms. The van der Waals surface area contributed by atoms with Crippen molar-refractivity contribution in [2.75, 3.05) is 5.32 Å². The molecule has 0 amide bonds. The molecule has 2 aromatic carbocycles. The molecule has 0 saturated carbocycles. The standard InChI is InChI=1S/C16H12BrCl2NO2/c17-9-3-1-8(2-4-9)11-7-14(16(21)22)20-13-6-10(18)5-12(19)15(11)13/h1-6,11,14,20H,7H2,(H,21,22). The number of benzene rings is 2. The third kappa shape index (κ3) is 2.96. The van der Waals surface area contributed by atoms with E-state index in [2.05, 4.69) is 21.2 Å². The van der Waals surface area contributed by atoms with Gasteiger partial charge in [0.25, 0.3) is 0 Å². The number of hydrogen-bond acceptors (Lipinski definition) is 2. The third-order valence-corrected chi connectivity index (χ3v) is 4.87. The van der Waals surface area contributed by atoms with Gasteiger partial charge in [0.15, 0.2) is 0 Å². The van der Waals surface area contributed by atoms with E-state index in [1.807, 2.05) is 24.3 Å². The molecule has 0 aromatic heterocycles. The fourth-order valence-electron chi connectivity index (χ4n) is 2.82. The second-order valence-electron chi connectivity index (χ2n) is 5.22. The van der Waals surface area contributed by atoms with Gasteiger partial charge in [-0.3, -0.25) is 0 Å². The monoisotopic (exact) mass is 399 g/mol. The molecule has 1 aliphatic rings. The largest absolute Gasteiger partial charge is 0.480 e. The van der Waals surface area contributed by atoms with Gasteiger partial charge < -0.3 is 10.4 Å². The predicted octanol–water partition coefficient (Wildman–Crippen LogP) is 5.16. The highest BCUT2D eigenvalue weighted by Gasteiger charge is 2.33. The van der Waals surface area contributed by atoms with Gasteiger partial charge in [0.05, 0.1) is 0 Å². The first-order valence-corrected chi connectivity index (χ1v) is 8.24. The summed E-state index contributed by atoms with van der Waals surface area (Å²) in [5.41, 5.74) is 2.61. The molecular formula is C16H12BrCl2NO2. The number of carboxylic acid groups (broad SMARTS) is 1. The SMILES string of the molecule is O=C(O)C1CC(c2ccc(Br)cc2)c2c(Cl)cc(Cl)cc2N1. The number of carboxylic acids is 1. The van der Waals surface area contributed by atoms with E-state index >= 15 is 0 Å². The number of rotatable bonds is 2.